The van der Waals surface area contributed by atoms with Crippen molar-refractivity contribution >= 4 is 35.3 Å². The lowest BCUT2D eigenvalue weighted by Gasteiger charge is -2.23. The number of amides is 2. The Morgan fingerprint density at radius 3 is 2.63 bits per heavy atom. The molecule has 0 aliphatic carbocycles. The van der Waals surface area contributed by atoms with E-state index in [-0.39, 0.29) is 18.0 Å². The van der Waals surface area contributed by atoms with E-state index in [0.717, 1.165) is 16.9 Å². The predicted molar refractivity (Wildman–Crippen MR) is 133 cm³/mol. The molecule has 182 valence electrons. The minimum Gasteiger partial charge on any atom is -0.447 e. The van der Waals surface area contributed by atoms with Gasteiger partial charge in [-0.2, -0.15) is 4.98 Å². The van der Waals surface area contributed by atoms with Gasteiger partial charge in [-0.25, -0.2) is 14.6 Å². The molecule has 1 unspecified atom stereocenters. The van der Waals surface area contributed by atoms with Crippen LogP contribution in [0.4, 0.5) is 32.7 Å². The van der Waals surface area contributed by atoms with Crippen molar-refractivity contribution in [2.75, 3.05) is 22.1 Å². The van der Waals surface area contributed by atoms with Gasteiger partial charge in [-0.3, -0.25) is 4.90 Å². The summed E-state index contributed by atoms with van der Waals surface area (Å²) in [5.41, 5.74) is 7.72. The van der Waals surface area contributed by atoms with Gasteiger partial charge < -0.3 is 25.8 Å². The molecule has 0 bridgehead atoms. The number of anilines is 4. The molecule has 4 N–H and O–H groups in total. The zero-order chi connectivity index (χ0) is 24.9. The van der Waals surface area contributed by atoms with Gasteiger partial charge in [0.1, 0.15) is 18.2 Å². The van der Waals surface area contributed by atoms with E-state index in [0.29, 0.717) is 24.1 Å². The van der Waals surface area contributed by atoms with Crippen LogP contribution in [0.1, 0.15) is 32.4 Å². The number of cyclic esters (lactones) is 1. The molecule has 0 radical (unpaired) electrons. The van der Waals surface area contributed by atoms with Gasteiger partial charge in [0, 0.05) is 23.6 Å². The largest absolute Gasteiger partial charge is 0.447 e. The molecule has 1 aromatic heterocycles. The summed E-state index contributed by atoms with van der Waals surface area (Å²) in [4.78, 5) is 33.7. The van der Waals surface area contributed by atoms with Gasteiger partial charge in [0.2, 0.25) is 5.95 Å². The number of hydrogen-bond donors (Lipinski definition) is 3. The molecule has 10 nitrogen and oxygen atoms in total. The lowest BCUT2D eigenvalue weighted by atomic mass is 10.0. The minimum absolute atomic E-state index is 0.0641. The fourth-order valence-corrected chi connectivity index (χ4v) is 3.80. The van der Waals surface area contributed by atoms with Crippen molar-refractivity contribution < 1.29 is 19.1 Å². The maximum Gasteiger partial charge on any atom is 0.415 e. The molecule has 2 heterocycles. The predicted octanol–water partition coefficient (Wildman–Crippen LogP) is 4.83. The number of ether oxygens (including phenoxy) is 2. The highest BCUT2D eigenvalue weighted by Crippen LogP contribution is 2.27. The zero-order valence-corrected chi connectivity index (χ0v) is 19.8. The van der Waals surface area contributed by atoms with Crippen LogP contribution in [0.2, 0.25) is 0 Å². The quantitative estimate of drug-likeness (QED) is 0.421. The van der Waals surface area contributed by atoms with Gasteiger partial charge in [0.05, 0.1) is 12.1 Å². The van der Waals surface area contributed by atoms with E-state index in [4.69, 9.17) is 15.2 Å². The Morgan fingerprint density at radius 1 is 1.14 bits per heavy atom. The van der Waals surface area contributed by atoms with Crippen LogP contribution in [-0.2, 0) is 4.74 Å². The zero-order valence-electron chi connectivity index (χ0n) is 19.8. The van der Waals surface area contributed by atoms with E-state index < -0.39 is 12.2 Å². The molecule has 4 rings (SSSR count). The molecule has 1 aliphatic heterocycles. The van der Waals surface area contributed by atoms with Gasteiger partial charge in [0.15, 0.2) is 0 Å². The maximum absolute atomic E-state index is 12.3. The van der Waals surface area contributed by atoms with Crippen molar-refractivity contribution in [1.29, 1.82) is 0 Å². The molecule has 2 amide bonds. The van der Waals surface area contributed by atoms with Gasteiger partial charge in [-0.05, 0) is 48.7 Å². The second kappa shape index (κ2) is 10.3. The molecule has 35 heavy (non-hydrogen) atoms. The highest BCUT2D eigenvalue weighted by Gasteiger charge is 2.37. The normalized spacial score (nSPS) is 16.1. The van der Waals surface area contributed by atoms with Gasteiger partial charge in [0.25, 0.3) is 0 Å². The van der Waals surface area contributed by atoms with Crippen molar-refractivity contribution in [3.05, 3.63) is 66.4 Å². The van der Waals surface area contributed by atoms with Crippen LogP contribution >= 0.6 is 0 Å². The molecule has 3 aromatic rings. The Balaban J connectivity index is 1.42. The number of primary amides is 1. The maximum atomic E-state index is 12.3. The molecule has 2 atom stereocenters. The summed E-state index contributed by atoms with van der Waals surface area (Å²) >= 11 is 0. The average molecular weight is 477 g/mol. The first-order chi connectivity index (χ1) is 16.8. The van der Waals surface area contributed by atoms with Crippen LogP contribution in [0, 0.1) is 5.92 Å². The Bertz CT molecular complexity index is 1200. The Kier molecular flexibility index (Phi) is 7.00. The van der Waals surface area contributed by atoms with Crippen LogP contribution in [0.5, 0.6) is 5.75 Å². The summed E-state index contributed by atoms with van der Waals surface area (Å²) in [6.45, 7) is 6.45. The highest BCUT2D eigenvalue weighted by molar-refractivity contribution is 5.89. The van der Waals surface area contributed by atoms with Crippen molar-refractivity contribution in [3.8, 4) is 5.75 Å². The fourth-order valence-electron chi connectivity index (χ4n) is 3.80. The minimum atomic E-state index is -0.859. The van der Waals surface area contributed by atoms with Crippen molar-refractivity contribution in [2.24, 2.45) is 11.7 Å². The number of hydrogen-bond acceptors (Lipinski definition) is 8. The van der Waals surface area contributed by atoms with E-state index in [9.17, 15) is 9.59 Å². The summed E-state index contributed by atoms with van der Waals surface area (Å²) < 4.78 is 10.1. The molecule has 1 fully saturated rings. The molecule has 0 spiro atoms. The number of rotatable bonds is 8. The number of benzene rings is 2. The second-order valence-electron chi connectivity index (χ2n) is 8.56. The SMILES string of the molecule is CC(Nc1nccc(N2C(=O)OC[C@@H]2C(C)C)n1)c1ccc(Nc2cccc(OC(N)=O)c2)cc1. The number of nitrogens with one attached hydrogen (secondary N) is 2. The molecule has 10 heteroatoms. The van der Waals surface area contributed by atoms with Crippen LogP contribution < -0.4 is 26.0 Å². The third kappa shape index (κ3) is 5.78. The molecular weight excluding hydrogens is 448 g/mol. The summed E-state index contributed by atoms with van der Waals surface area (Å²) in [6.07, 6.45) is 0.377. The number of aromatic nitrogens is 2. The van der Waals surface area contributed by atoms with Crippen molar-refractivity contribution in [3.63, 3.8) is 0 Å². The lowest BCUT2D eigenvalue weighted by molar-refractivity contribution is 0.177. The van der Waals surface area contributed by atoms with Gasteiger partial charge >= 0.3 is 12.2 Å². The number of nitrogens with two attached hydrogens (primary N) is 1. The summed E-state index contributed by atoms with van der Waals surface area (Å²) in [5, 5.41) is 6.56. The molecule has 1 saturated heterocycles. The van der Waals surface area contributed by atoms with Crippen LogP contribution in [0.3, 0.4) is 0 Å². The fraction of sp³-hybridized carbons (Fsp3) is 0.280. The molecule has 1 aliphatic rings. The van der Waals surface area contributed by atoms with E-state index in [2.05, 4.69) is 20.6 Å². The Morgan fingerprint density at radius 2 is 1.91 bits per heavy atom. The second-order valence-corrected chi connectivity index (χ2v) is 8.56. The van der Waals surface area contributed by atoms with E-state index in [1.54, 1.807) is 35.4 Å². The monoisotopic (exact) mass is 476 g/mol. The Hall–Kier alpha value is -4.34. The molecule has 0 saturated carbocycles. The van der Waals surface area contributed by atoms with Crippen LogP contribution in [0.25, 0.3) is 0 Å². The Labute approximate surface area is 203 Å². The summed E-state index contributed by atoms with van der Waals surface area (Å²) in [6, 6.07) is 16.4. The average Bonchev–Trinajstić information content (AvgIpc) is 3.21. The first kappa shape index (κ1) is 23.8. The molecular formula is C25H28N6O4. The van der Waals surface area contributed by atoms with Crippen molar-refractivity contribution in [1.82, 2.24) is 9.97 Å². The topological polar surface area (TPSA) is 132 Å². The highest BCUT2D eigenvalue weighted by atomic mass is 16.6. The number of carbonyl (C=O) groups is 2. The lowest BCUT2D eigenvalue weighted by Crippen LogP contribution is -2.37. The summed E-state index contributed by atoms with van der Waals surface area (Å²) in [7, 11) is 0. The smallest absolute Gasteiger partial charge is 0.415 e. The van der Waals surface area contributed by atoms with Crippen molar-refractivity contribution in [2.45, 2.75) is 32.9 Å². The number of nitrogens with zero attached hydrogens (tertiary/aromatic N) is 3. The summed E-state index contributed by atoms with van der Waals surface area (Å²) in [5.74, 6) is 1.53. The van der Waals surface area contributed by atoms with E-state index in [1.807, 2.05) is 51.1 Å². The third-order valence-corrected chi connectivity index (χ3v) is 5.66. The van der Waals surface area contributed by atoms with Crippen LogP contribution in [0.15, 0.2) is 60.8 Å². The van der Waals surface area contributed by atoms with E-state index in [1.165, 1.54) is 0 Å². The van der Waals surface area contributed by atoms with Crippen LogP contribution in [-0.4, -0.2) is 34.8 Å². The van der Waals surface area contributed by atoms with Gasteiger partial charge in [-0.15, -0.1) is 0 Å². The molecule has 2 aromatic carbocycles. The van der Waals surface area contributed by atoms with E-state index >= 15 is 0 Å². The third-order valence-electron chi connectivity index (χ3n) is 5.66. The number of carbonyl (C=O) groups excluding carboxylic acids is 2. The first-order valence-corrected chi connectivity index (χ1v) is 11.3. The first-order valence-electron chi connectivity index (χ1n) is 11.3. The van der Waals surface area contributed by atoms with Gasteiger partial charge in [-0.1, -0.05) is 32.0 Å². The standard InChI is InChI=1S/C25H28N6O4/c1-15(2)21-14-34-25(33)31(21)22-11-12-27-24(30-22)28-16(3)17-7-9-18(10-8-17)29-19-5-4-6-20(13-19)35-23(26)32/h4-13,15-16,21,29H,14H2,1-3H3,(H2,26,32)(H,27,28,30)/t16?,21-/m1/s1.